The van der Waals surface area contributed by atoms with Crippen LogP contribution in [-0.4, -0.2) is 48.9 Å². The van der Waals surface area contributed by atoms with Crippen LogP contribution in [0.25, 0.3) is 0 Å². The molecule has 3 rings (SSSR count). The van der Waals surface area contributed by atoms with Crippen LogP contribution in [-0.2, 0) is 14.3 Å². The molecule has 2 aliphatic heterocycles. The number of fused-ring (bicyclic) bond motifs is 1. The number of rotatable bonds is 4. The molecule has 1 aromatic carbocycles. The molecule has 0 aliphatic carbocycles. The Labute approximate surface area is 133 Å². The predicted molar refractivity (Wildman–Crippen MR) is 79.5 cm³/mol. The van der Waals surface area contributed by atoms with Crippen molar-refractivity contribution in [1.29, 1.82) is 0 Å². The van der Waals surface area contributed by atoms with E-state index in [1.165, 1.54) is 0 Å². The van der Waals surface area contributed by atoms with Crippen molar-refractivity contribution in [3.8, 4) is 11.5 Å². The van der Waals surface area contributed by atoms with Gasteiger partial charge in [0.05, 0.1) is 6.61 Å². The predicted octanol–water partition coefficient (Wildman–Crippen LogP) is 0.822. The summed E-state index contributed by atoms with van der Waals surface area (Å²) >= 11 is 0. The summed E-state index contributed by atoms with van der Waals surface area (Å²) in [5.41, 5.74) is 0. The van der Waals surface area contributed by atoms with E-state index < -0.39 is 24.0 Å². The van der Waals surface area contributed by atoms with Crippen molar-refractivity contribution in [2.75, 3.05) is 19.8 Å². The first-order valence-electron chi connectivity index (χ1n) is 7.64. The van der Waals surface area contributed by atoms with Gasteiger partial charge in [-0.05, 0) is 25.0 Å². The molecule has 23 heavy (non-hydrogen) atoms. The second kappa shape index (κ2) is 6.87. The van der Waals surface area contributed by atoms with E-state index in [9.17, 15) is 14.7 Å². The van der Waals surface area contributed by atoms with Gasteiger partial charge in [0, 0.05) is 12.5 Å². The maximum absolute atomic E-state index is 12.3. The summed E-state index contributed by atoms with van der Waals surface area (Å²) in [7, 11) is 0. The van der Waals surface area contributed by atoms with Gasteiger partial charge < -0.3 is 24.6 Å². The number of aliphatic carboxylic acids is 1. The molecule has 3 atom stereocenters. The highest BCUT2D eigenvalue weighted by Crippen LogP contribution is 2.31. The third-order valence-electron chi connectivity index (χ3n) is 4.03. The molecule has 2 N–H and O–H groups in total. The number of amides is 1. The van der Waals surface area contributed by atoms with Crippen LogP contribution in [0.3, 0.4) is 0 Å². The molecule has 0 spiro atoms. The molecule has 124 valence electrons. The molecule has 0 aromatic heterocycles. The fourth-order valence-electron chi connectivity index (χ4n) is 2.80. The molecular weight excluding hydrogens is 302 g/mol. The molecule has 7 nitrogen and oxygen atoms in total. The maximum atomic E-state index is 12.3. The first-order chi connectivity index (χ1) is 11.1. The van der Waals surface area contributed by atoms with Crippen LogP contribution in [0, 0.1) is 5.92 Å². The number of nitrogens with one attached hydrogen (secondary N) is 1. The third-order valence-corrected chi connectivity index (χ3v) is 4.03. The summed E-state index contributed by atoms with van der Waals surface area (Å²) in [5, 5.41) is 12.0. The van der Waals surface area contributed by atoms with Crippen molar-refractivity contribution < 1.29 is 28.9 Å². The van der Waals surface area contributed by atoms with E-state index in [1.807, 2.05) is 6.07 Å². The molecule has 2 aliphatic rings. The molecule has 1 fully saturated rings. The molecule has 1 amide bonds. The average Bonchev–Trinajstić information content (AvgIpc) is 2.59. The van der Waals surface area contributed by atoms with Crippen LogP contribution in [0.2, 0.25) is 0 Å². The lowest BCUT2D eigenvalue weighted by Crippen LogP contribution is -2.53. The standard InChI is InChI=1S/C16H19NO6/c18-15(13-9-22-11-5-1-2-6-12(11)23-13)17-14(16(19)20)10-4-3-7-21-8-10/h1-2,5-6,10,13-14H,3-4,7-9H2,(H,17,18)(H,19,20). The summed E-state index contributed by atoms with van der Waals surface area (Å²) in [4.78, 5) is 23.8. The van der Waals surface area contributed by atoms with Gasteiger partial charge in [-0.3, -0.25) is 4.79 Å². The lowest BCUT2D eigenvalue weighted by molar-refractivity contribution is -0.147. The summed E-state index contributed by atoms with van der Waals surface area (Å²) in [6, 6.07) is 6.07. The molecule has 3 unspecified atom stereocenters. The lowest BCUT2D eigenvalue weighted by Gasteiger charge is -2.30. The first kappa shape index (κ1) is 15.6. The van der Waals surface area contributed by atoms with E-state index in [2.05, 4.69) is 5.32 Å². The summed E-state index contributed by atoms with van der Waals surface area (Å²) in [6.45, 7) is 1.02. The number of carbonyl (C=O) groups is 2. The van der Waals surface area contributed by atoms with Crippen molar-refractivity contribution in [3.63, 3.8) is 0 Å². The highest BCUT2D eigenvalue weighted by molar-refractivity contribution is 5.87. The number of benzene rings is 1. The van der Waals surface area contributed by atoms with Crippen LogP contribution < -0.4 is 14.8 Å². The van der Waals surface area contributed by atoms with Crippen molar-refractivity contribution in [2.24, 2.45) is 5.92 Å². The molecule has 1 saturated heterocycles. The Morgan fingerprint density at radius 1 is 1.22 bits per heavy atom. The van der Waals surface area contributed by atoms with Crippen LogP contribution in [0.4, 0.5) is 0 Å². The molecule has 0 bridgehead atoms. The van der Waals surface area contributed by atoms with Gasteiger partial charge in [0.25, 0.3) is 5.91 Å². The van der Waals surface area contributed by atoms with Gasteiger partial charge in [0.1, 0.15) is 12.6 Å². The van der Waals surface area contributed by atoms with Gasteiger partial charge >= 0.3 is 5.97 Å². The Kier molecular flexibility index (Phi) is 4.66. The SMILES string of the molecule is O=C(NC(C(=O)O)C1CCCOC1)C1COc2ccccc2O1. The molecule has 0 saturated carbocycles. The topological polar surface area (TPSA) is 94.1 Å². The number of hydrogen-bond acceptors (Lipinski definition) is 5. The van der Waals surface area contributed by atoms with E-state index in [0.717, 1.165) is 6.42 Å². The minimum Gasteiger partial charge on any atom is -0.485 e. The molecular formula is C16H19NO6. The Bertz CT molecular complexity index is 584. The Morgan fingerprint density at radius 3 is 2.70 bits per heavy atom. The number of hydrogen-bond donors (Lipinski definition) is 2. The Balaban J connectivity index is 1.64. The molecule has 1 aromatic rings. The highest BCUT2D eigenvalue weighted by atomic mass is 16.6. The van der Waals surface area contributed by atoms with Gasteiger partial charge in [-0.2, -0.15) is 0 Å². The minimum absolute atomic E-state index is 0.0519. The van der Waals surface area contributed by atoms with E-state index in [-0.39, 0.29) is 12.5 Å². The van der Waals surface area contributed by atoms with E-state index in [4.69, 9.17) is 14.2 Å². The van der Waals surface area contributed by atoms with Crippen LogP contribution in [0.5, 0.6) is 11.5 Å². The average molecular weight is 321 g/mol. The van der Waals surface area contributed by atoms with Gasteiger partial charge in [-0.15, -0.1) is 0 Å². The Morgan fingerprint density at radius 2 is 2.00 bits per heavy atom. The van der Waals surface area contributed by atoms with Crippen molar-refractivity contribution in [2.45, 2.75) is 25.0 Å². The zero-order valence-electron chi connectivity index (χ0n) is 12.6. The van der Waals surface area contributed by atoms with E-state index >= 15 is 0 Å². The zero-order valence-corrected chi connectivity index (χ0v) is 12.6. The normalized spacial score (nSPS) is 24.5. The van der Waals surface area contributed by atoms with Crippen molar-refractivity contribution >= 4 is 11.9 Å². The number of ether oxygens (including phenoxy) is 3. The minimum atomic E-state index is -1.06. The van der Waals surface area contributed by atoms with Crippen molar-refractivity contribution in [3.05, 3.63) is 24.3 Å². The second-order valence-corrected chi connectivity index (χ2v) is 5.67. The molecule has 7 heteroatoms. The molecule has 2 heterocycles. The fraction of sp³-hybridized carbons (Fsp3) is 0.500. The van der Waals surface area contributed by atoms with Gasteiger partial charge in [0.2, 0.25) is 6.10 Å². The number of carboxylic acids is 1. The molecule has 0 radical (unpaired) electrons. The maximum Gasteiger partial charge on any atom is 0.326 e. The Hall–Kier alpha value is -2.28. The number of para-hydroxylation sites is 2. The number of carboxylic acid groups (broad SMARTS) is 1. The van der Waals surface area contributed by atoms with Crippen LogP contribution >= 0.6 is 0 Å². The smallest absolute Gasteiger partial charge is 0.326 e. The zero-order chi connectivity index (χ0) is 16.2. The van der Waals surface area contributed by atoms with Gasteiger partial charge in [-0.25, -0.2) is 4.79 Å². The van der Waals surface area contributed by atoms with Gasteiger partial charge in [0.15, 0.2) is 11.5 Å². The van der Waals surface area contributed by atoms with E-state index in [1.54, 1.807) is 18.2 Å². The monoisotopic (exact) mass is 321 g/mol. The summed E-state index contributed by atoms with van der Waals surface area (Å²) in [5.74, 6) is -0.732. The van der Waals surface area contributed by atoms with Crippen molar-refractivity contribution in [1.82, 2.24) is 5.32 Å². The first-order valence-corrected chi connectivity index (χ1v) is 7.64. The largest absolute Gasteiger partial charge is 0.485 e. The van der Waals surface area contributed by atoms with Gasteiger partial charge in [-0.1, -0.05) is 12.1 Å². The van der Waals surface area contributed by atoms with E-state index in [0.29, 0.717) is 31.1 Å². The highest BCUT2D eigenvalue weighted by Gasteiger charge is 2.35. The summed E-state index contributed by atoms with van der Waals surface area (Å²) < 4.78 is 16.4. The third kappa shape index (κ3) is 3.56. The number of carbonyl (C=O) groups excluding carboxylic acids is 1. The quantitative estimate of drug-likeness (QED) is 0.853. The van der Waals surface area contributed by atoms with Crippen LogP contribution in [0.1, 0.15) is 12.8 Å². The lowest BCUT2D eigenvalue weighted by atomic mass is 9.93. The second-order valence-electron chi connectivity index (χ2n) is 5.67. The van der Waals surface area contributed by atoms with Crippen LogP contribution in [0.15, 0.2) is 24.3 Å². The summed E-state index contributed by atoms with van der Waals surface area (Å²) in [6.07, 6.45) is 0.638. The fourth-order valence-corrected chi connectivity index (χ4v) is 2.80.